The van der Waals surface area contributed by atoms with Gasteiger partial charge >= 0.3 is 0 Å². The molecule has 1 aromatic carbocycles. The van der Waals surface area contributed by atoms with Crippen LogP contribution in [0.1, 0.15) is 38.7 Å². The van der Waals surface area contributed by atoms with Crippen LogP contribution < -0.4 is 0 Å². The molecule has 2 heteroatoms. The molecule has 3 atom stereocenters. The predicted molar refractivity (Wildman–Crippen MR) is 77.9 cm³/mol. The van der Waals surface area contributed by atoms with E-state index in [0.29, 0.717) is 17.6 Å². The van der Waals surface area contributed by atoms with Crippen LogP contribution in [-0.4, -0.2) is 5.78 Å². The third-order valence-electron chi connectivity index (χ3n) is 4.76. The van der Waals surface area contributed by atoms with E-state index in [1.54, 1.807) is 11.3 Å². The van der Waals surface area contributed by atoms with Crippen molar-refractivity contribution in [3.05, 3.63) is 57.3 Å². The van der Waals surface area contributed by atoms with Gasteiger partial charge in [0.05, 0.1) is 0 Å². The van der Waals surface area contributed by atoms with E-state index in [1.807, 2.05) is 11.4 Å². The molecule has 0 radical (unpaired) electrons. The van der Waals surface area contributed by atoms with E-state index in [2.05, 4.69) is 31.2 Å². The Labute approximate surface area is 117 Å². The van der Waals surface area contributed by atoms with Gasteiger partial charge in [-0.25, -0.2) is 0 Å². The number of hydrogen-bond donors (Lipinski definition) is 0. The van der Waals surface area contributed by atoms with Crippen LogP contribution in [0.2, 0.25) is 0 Å². The molecule has 1 aromatic heterocycles. The fraction of sp³-hybridized carbons (Fsp3) is 0.353. The van der Waals surface area contributed by atoms with Gasteiger partial charge in [0.15, 0.2) is 5.78 Å². The maximum absolute atomic E-state index is 12.7. The van der Waals surface area contributed by atoms with Gasteiger partial charge in [-0.1, -0.05) is 24.3 Å². The molecule has 2 aliphatic carbocycles. The lowest BCUT2D eigenvalue weighted by molar-refractivity contribution is 0.0959. The topological polar surface area (TPSA) is 17.1 Å². The molecule has 1 nitrogen and oxygen atoms in total. The highest BCUT2D eigenvalue weighted by molar-refractivity contribution is 7.10. The van der Waals surface area contributed by atoms with Crippen LogP contribution in [0.15, 0.2) is 35.7 Å². The van der Waals surface area contributed by atoms with Gasteiger partial charge in [-0.15, -0.1) is 11.3 Å². The van der Waals surface area contributed by atoms with Crippen molar-refractivity contribution in [2.75, 3.05) is 0 Å². The zero-order valence-corrected chi connectivity index (χ0v) is 11.7. The molecule has 0 amide bonds. The van der Waals surface area contributed by atoms with Gasteiger partial charge in [0.1, 0.15) is 0 Å². The third-order valence-corrected chi connectivity index (χ3v) is 5.60. The fourth-order valence-electron chi connectivity index (χ4n) is 3.74. The summed E-state index contributed by atoms with van der Waals surface area (Å²) < 4.78 is 0. The van der Waals surface area contributed by atoms with E-state index in [-0.39, 0.29) is 5.92 Å². The summed E-state index contributed by atoms with van der Waals surface area (Å²) in [5.74, 6) is 1.72. The first-order valence-corrected chi connectivity index (χ1v) is 7.81. The Bertz CT molecular complexity index is 655. The number of rotatable bonds is 2. The molecule has 4 rings (SSSR count). The fourth-order valence-corrected chi connectivity index (χ4v) is 4.45. The number of aryl methyl sites for hydroxylation is 2. The number of ketones is 1. The Kier molecular flexibility index (Phi) is 2.43. The lowest BCUT2D eigenvalue weighted by Gasteiger charge is -2.13. The molecule has 2 aliphatic rings. The lowest BCUT2D eigenvalue weighted by Crippen LogP contribution is -2.04. The predicted octanol–water partition coefficient (Wildman–Crippen LogP) is 4.22. The van der Waals surface area contributed by atoms with E-state index in [0.717, 1.165) is 12.0 Å². The second-order valence-corrected chi connectivity index (χ2v) is 6.83. The van der Waals surface area contributed by atoms with E-state index in [1.165, 1.54) is 22.4 Å². The number of thiophene rings is 1. The Balaban J connectivity index is 1.68. The Morgan fingerprint density at radius 1 is 1.26 bits per heavy atom. The molecule has 0 spiro atoms. The molecule has 3 unspecified atom stereocenters. The summed E-state index contributed by atoms with van der Waals surface area (Å²) in [5, 5.41) is 2.03. The summed E-state index contributed by atoms with van der Waals surface area (Å²) in [4.78, 5) is 13.8. The molecule has 0 bridgehead atoms. The minimum Gasteiger partial charge on any atom is -0.294 e. The van der Waals surface area contributed by atoms with Gasteiger partial charge in [-0.05, 0) is 54.2 Å². The first kappa shape index (κ1) is 11.4. The van der Waals surface area contributed by atoms with Crippen LogP contribution in [0.25, 0.3) is 0 Å². The molecule has 0 aliphatic heterocycles. The van der Waals surface area contributed by atoms with Crippen LogP contribution in [-0.2, 0) is 6.42 Å². The summed E-state index contributed by atoms with van der Waals surface area (Å²) in [6.07, 6.45) is 2.32. The van der Waals surface area contributed by atoms with E-state index < -0.39 is 0 Å². The summed E-state index contributed by atoms with van der Waals surface area (Å²) in [7, 11) is 0. The molecule has 0 N–H and O–H groups in total. The second-order valence-electron chi connectivity index (χ2n) is 5.71. The third kappa shape index (κ3) is 1.63. The summed E-state index contributed by atoms with van der Waals surface area (Å²) in [6.45, 7) is 2.05. The van der Waals surface area contributed by atoms with E-state index in [9.17, 15) is 4.79 Å². The highest BCUT2D eigenvalue weighted by Crippen LogP contribution is 2.60. The van der Waals surface area contributed by atoms with Crippen molar-refractivity contribution >= 4 is 17.1 Å². The number of hydrogen-bond acceptors (Lipinski definition) is 2. The minimum absolute atomic E-state index is 0.247. The molecule has 2 aromatic rings. The number of benzene rings is 1. The van der Waals surface area contributed by atoms with Gasteiger partial charge < -0.3 is 0 Å². The molecule has 19 heavy (non-hydrogen) atoms. The number of carbonyl (C=O) groups is 1. The molecule has 1 fully saturated rings. The Hall–Kier alpha value is -1.41. The quantitative estimate of drug-likeness (QED) is 0.745. The van der Waals surface area contributed by atoms with Gasteiger partial charge in [0.25, 0.3) is 0 Å². The van der Waals surface area contributed by atoms with Crippen molar-refractivity contribution < 1.29 is 4.79 Å². The number of fused-ring (bicyclic) bond motifs is 3. The molecule has 1 heterocycles. The molecular formula is C17H16OS. The summed E-state index contributed by atoms with van der Waals surface area (Å²) in [5.41, 5.74) is 3.85. The Morgan fingerprint density at radius 2 is 2.11 bits per heavy atom. The monoisotopic (exact) mass is 268 g/mol. The van der Waals surface area contributed by atoms with E-state index >= 15 is 0 Å². The largest absolute Gasteiger partial charge is 0.294 e. The molecular weight excluding hydrogens is 252 g/mol. The van der Waals surface area contributed by atoms with Gasteiger partial charge in [-0.2, -0.15) is 0 Å². The molecule has 96 valence electrons. The van der Waals surface area contributed by atoms with Crippen molar-refractivity contribution in [3.63, 3.8) is 0 Å². The Morgan fingerprint density at radius 3 is 2.89 bits per heavy atom. The maximum atomic E-state index is 12.7. The average molecular weight is 268 g/mol. The first-order chi connectivity index (χ1) is 9.27. The van der Waals surface area contributed by atoms with E-state index in [4.69, 9.17) is 0 Å². The van der Waals surface area contributed by atoms with Crippen molar-refractivity contribution in [2.45, 2.75) is 25.7 Å². The van der Waals surface area contributed by atoms with Crippen molar-refractivity contribution in [2.24, 2.45) is 11.8 Å². The van der Waals surface area contributed by atoms with Crippen LogP contribution in [0.4, 0.5) is 0 Å². The summed E-state index contributed by atoms with van der Waals surface area (Å²) >= 11 is 1.68. The zero-order chi connectivity index (χ0) is 13.0. The van der Waals surface area contributed by atoms with Crippen LogP contribution >= 0.6 is 11.3 Å². The SMILES string of the molecule is Cc1sccc1C(=O)C1C2CCc3ccccc3C21. The second kappa shape index (κ2) is 4.04. The van der Waals surface area contributed by atoms with Crippen LogP contribution in [0.3, 0.4) is 0 Å². The highest BCUT2D eigenvalue weighted by atomic mass is 32.1. The lowest BCUT2D eigenvalue weighted by atomic mass is 9.92. The minimum atomic E-state index is 0.247. The standard InChI is InChI=1S/C17H16OS/c1-10-12(8-9-19-10)17(18)16-14-7-6-11-4-2-3-5-13(11)15(14)16/h2-5,8-9,14-16H,6-7H2,1H3. The van der Waals surface area contributed by atoms with Crippen molar-refractivity contribution in [1.29, 1.82) is 0 Å². The smallest absolute Gasteiger partial charge is 0.167 e. The average Bonchev–Trinajstić information content (AvgIpc) is 3.04. The van der Waals surface area contributed by atoms with Gasteiger partial charge in [0, 0.05) is 16.4 Å². The zero-order valence-electron chi connectivity index (χ0n) is 10.9. The normalized spacial score (nSPS) is 27.5. The van der Waals surface area contributed by atoms with Crippen molar-refractivity contribution in [1.82, 2.24) is 0 Å². The highest BCUT2D eigenvalue weighted by Gasteiger charge is 2.56. The number of Topliss-reactive ketones (excluding diaryl/α,β-unsaturated/α-hetero) is 1. The molecule has 1 saturated carbocycles. The van der Waals surface area contributed by atoms with Gasteiger partial charge in [-0.3, -0.25) is 4.79 Å². The summed E-state index contributed by atoms with van der Waals surface area (Å²) in [6, 6.07) is 10.7. The number of carbonyl (C=O) groups excluding carboxylic acids is 1. The van der Waals surface area contributed by atoms with Crippen LogP contribution in [0, 0.1) is 18.8 Å². The van der Waals surface area contributed by atoms with Crippen molar-refractivity contribution in [3.8, 4) is 0 Å². The molecule has 0 saturated heterocycles. The van der Waals surface area contributed by atoms with Gasteiger partial charge in [0.2, 0.25) is 0 Å². The first-order valence-electron chi connectivity index (χ1n) is 6.93. The van der Waals surface area contributed by atoms with Crippen LogP contribution in [0.5, 0.6) is 0 Å². The maximum Gasteiger partial charge on any atom is 0.167 e.